The summed E-state index contributed by atoms with van der Waals surface area (Å²) in [5.41, 5.74) is 4.76. The molecule has 5 bridgehead atoms. The van der Waals surface area contributed by atoms with E-state index in [0.29, 0.717) is 32.2 Å². The average Bonchev–Trinajstić information content (AvgIpc) is 3.03. The second-order valence-electron chi connectivity index (χ2n) is 13.3. The lowest BCUT2D eigenvalue weighted by molar-refractivity contribution is -0.163. The van der Waals surface area contributed by atoms with Gasteiger partial charge in [0.25, 0.3) is 11.8 Å². The third kappa shape index (κ3) is 8.91. The van der Waals surface area contributed by atoms with Gasteiger partial charge in [-0.1, -0.05) is 32.1 Å². The zero-order chi connectivity index (χ0) is 33.5. The Morgan fingerprint density at radius 2 is 1.74 bits per heavy atom. The first-order valence-corrected chi connectivity index (χ1v) is 16.5. The molecular formula is C35H50N6O5. The van der Waals surface area contributed by atoms with Crippen LogP contribution in [0, 0.1) is 11.8 Å². The van der Waals surface area contributed by atoms with Crippen molar-refractivity contribution in [3.63, 3.8) is 0 Å². The smallest absolute Gasteiger partial charge is 0.310 e. The van der Waals surface area contributed by atoms with E-state index in [-0.39, 0.29) is 29.8 Å². The zero-order valence-electron chi connectivity index (χ0n) is 28.2. The maximum atomic E-state index is 13.6. The van der Waals surface area contributed by atoms with Crippen molar-refractivity contribution < 1.29 is 23.9 Å². The second-order valence-corrected chi connectivity index (χ2v) is 13.3. The third-order valence-corrected chi connectivity index (χ3v) is 9.09. The number of nitrogens with one attached hydrogen (secondary N) is 3. The third-order valence-electron chi connectivity index (χ3n) is 9.09. The fourth-order valence-electron chi connectivity index (χ4n) is 5.76. The van der Waals surface area contributed by atoms with Gasteiger partial charge in [0.15, 0.2) is 6.10 Å². The maximum Gasteiger partial charge on any atom is 0.310 e. The fraction of sp³-hybridized carbons (Fsp3) is 0.571. The molecule has 11 heteroatoms. The normalized spacial score (nSPS) is 26.1. The Bertz CT molecular complexity index is 1440. The molecular weight excluding hydrogens is 584 g/mol. The largest absolute Gasteiger partial charge is 0.452 e. The van der Waals surface area contributed by atoms with Crippen LogP contribution in [0.4, 0.5) is 0 Å². The molecule has 3 N–H and O–H groups in total. The van der Waals surface area contributed by atoms with Crippen LogP contribution in [0.5, 0.6) is 0 Å². The topological polar surface area (TPSA) is 133 Å². The molecule has 11 nitrogen and oxygen atoms in total. The van der Waals surface area contributed by atoms with Crippen LogP contribution in [0.25, 0.3) is 16.8 Å². The van der Waals surface area contributed by atoms with E-state index in [1.165, 1.54) is 5.01 Å². The van der Waals surface area contributed by atoms with Crippen LogP contribution in [-0.2, 0) is 23.9 Å². The van der Waals surface area contributed by atoms with Gasteiger partial charge in [-0.15, -0.1) is 0 Å². The molecule has 1 unspecified atom stereocenters. The Hall–Kier alpha value is -3.83. The van der Waals surface area contributed by atoms with E-state index in [4.69, 9.17) is 4.74 Å². The first-order valence-electron chi connectivity index (χ1n) is 16.5. The summed E-state index contributed by atoms with van der Waals surface area (Å²) in [6.07, 6.45) is 7.57. The number of ether oxygens (including phenoxy) is 1. The Morgan fingerprint density at radius 1 is 1.00 bits per heavy atom. The van der Waals surface area contributed by atoms with E-state index in [0.717, 1.165) is 28.5 Å². The van der Waals surface area contributed by atoms with E-state index in [1.807, 2.05) is 71.4 Å². The predicted octanol–water partition coefficient (Wildman–Crippen LogP) is 3.74. The number of hydrazine groups is 1. The number of aromatic nitrogens is 1. The Labute approximate surface area is 272 Å². The minimum Gasteiger partial charge on any atom is -0.452 e. The number of benzene rings is 1. The van der Waals surface area contributed by atoms with E-state index in [2.05, 4.69) is 38.9 Å². The van der Waals surface area contributed by atoms with Gasteiger partial charge in [0.1, 0.15) is 12.1 Å². The van der Waals surface area contributed by atoms with Crippen molar-refractivity contribution in [2.45, 2.75) is 97.0 Å². The van der Waals surface area contributed by atoms with Crippen molar-refractivity contribution >= 4 is 40.5 Å². The van der Waals surface area contributed by atoms with Crippen molar-refractivity contribution in [2.75, 3.05) is 20.6 Å². The molecule has 0 radical (unpaired) electrons. The highest BCUT2D eigenvalue weighted by Crippen LogP contribution is 2.24. The number of fused-ring (bicyclic) bond motifs is 4. The molecule has 0 aliphatic carbocycles. The van der Waals surface area contributed by atoms with Crippen molar-refractivity contribution in [1.29, 1.82) is 0 Å². The zero-order valence-corrected chi connectivity index (χ0v) is 28.2. The number of hydrogen-bond donors (Lipinski definition) is 3. The molecule has 1 aromatic carbocycles. The number of hydrogen-bond acceptors (Lipinski definition) is 8. The molecule has 1 saturated heterocycles. The number of allylic oxidation sites excluding steroid dienone is 1. The van der Waals surface area contributed by atoms with E-state index in [9.17, 15) is 19.2 Å². The highest BCUT2D eigenvalue weighted by molar-refractivity contribution is 5.91. The molecule has 4 rings (SSSR count). The number of pyridine rings is 1. The Kier molecular flexibility index (Phi) is 11.9. The van der Waals surface area contributed by atoms with Crippen molar-refractivity contribution in [2.24, 2.45) is 11.8 Å². The molecule has 6 atom stereocenters. The lowest BCUT2D eigenvalue weighted by Crippen LogP contribution is -2.61. The minimum atomic E-state index is -1.07. The SMILES string of the molecule is CC(C)[C@@H]1OC(=O)[C@H](CCC(C)N(C)C)CC=Cc2cc3cc(ccc3cn2)[C@@H](C)NC(=O)[C@@H]2CCCN(N2)C(=O)[C@H](C)NC1=O. The van der Waals surface area contributed by atoms with E-state index >= 15 is 0 Å². The molecule has 3 heterocycles. The van der Waals surface area contributed by atoms with Gasteiger partial charge in [0.05, 0.1) is 17.7 Å². The quantitative estimate of drug-likeness (QED) is 0.424. The molecule has 0 saturated carbocycles. The lowest BCUT2D eigenvalue weighted by Gasteiger charge is -2.35. The molecule has 2 aliphatic heterocycles. The Balaban J connectivity index is 1.67. The van der Waals surface area contributed by atoms with Gasteiger partial charge in [-0.3, -0.25) is 29.2 Å². The number of carbonyl (C=O) groups is 4. The van der Waals surface area contributed by atoms with Crippen molar-refractivity contribution in [3.05, 3.63) is 47.8 Å². The summed E-state index contributed by atoms with van der Waals surface area (Å²) >= 11 is 0. The monoisotopic (exact) mass is 634 g/mol. The number of nitrogens with zero attached hydrogens (tertiary/aromatic N) is 3. The molecule has 46 heavy (non-hydrogen) atoms. The minimum absolute atomic E-state index is 0.205. The molecule has 0 spiro atoms. The van der Waals surface area contributed by atoms with Gasteiger partial charge in [-0.25, -0.2) is 5.43 Å². The summed E-state index contributed by atoms with van der Waals surface area (Å²) in [5.74, 6) is -2.32. The highest BCUT2D eigenvalue weighted by atomic mass is 16.5. The van der Waals surface area contributed by atoms with Gasteiger partial charge >= 0.3 is 5.97 Å². The summed E-state index contributed by atoms with van der Waals surface area (Å²) in [6.45, 7) is 9.67. The van der Waals surface area contributed by atoms with Crippen LogP contribution in [0.3, 0.4) is 0 Å². The van der Waals surface area contributed by atoms with Gasteiger partial charge in [0.2, 0.25) is 5.91 Å². The summed E-state index contributed by atoms with van der Waals surface area (Å²) < 4.78 is 5.89. The highest BCUT2D eigenvalue weighted by Gasteiger charge is 2.35. The average molecular weight is 635 g/mol. The molecule has 2 aliphatic rings. The van der Waals surface area contributed by atoms with Gasteiger partial charge < -0.3 is 20.3 Å². The van der Waals surface area contributed by atoms with Crippen LogP contribution >= 0.6 is 0 Å². The maximum absolute atomic E-state index is 13.6. The van der Waals surface area contributed by atoms with Gasteiger partial charge in [-0.05, 0) is 102 Å². The summed E-state index contributed by atoms with van der Waals surface area (Å²) in [5, 5.41) is 9.21. The first-order chi connectivity index (χ1) is 21.8. The van der Waals surface area contributed by atoms with Crippen molar-refractivity contribution in [1.82, 2.24) is 31.0 Å². The first kappa shape index (κ1) is 35.0. The number of cyclic esters (lactones) is 1. The number of esters is 1. The Morgan fingerprint density at radius 3 is 2.46 bits per heavy atom. The fourth-order valence-corrected chi connectivity index (χ4v) is 5.76. The van der Waals surface area contributed by atoms with Gasteiger partial charge in [-0.2, -0.15) is 0 Å². The molecule has 1 aromatic heterocycles. The standard InChI is InChI=1S/C35H50N6O5/c1-21(2)31-33(43)38-24(5)34(44)41-17-9-12-30(39-41)32(42)37-23(4)26-15-16-27-20-36-29(19-28(27)18-26)11-8-10-25(35(45)46-31)14-13-22(3)40(6)7/h8,11,15-16,18-25,30-31,39H,9-10,12-14,17H2,1-7H3,(H,37,42)(H,38,43)/t22?,23-,24+,25+,30+,31+/m1/s1. The molecule has 2 aromatic rings. The summed E-state index contributed by atoms with van der Waals surface area (Å²) in [6, 6.07) is 6.51. The number of carbonyl (C=O) groups excluding carboxylic acids is 4. The number of rotatable bonds is 5. The van der Waals surface area contributed by atoms with Crippen LogP contribution in [0.15, 0.2) is 36.5 Å². The van der Waals surface area contributed by atoms with E-state index < -0.39 is 36.0 Å². The predicted molar refractivity (Wildman–Crippen MR) is 178 cm³/mol. The lowest BCUT2D eigenvalue weighted by atomic mass is 9.96. The van der Waals surface area contributed by atoms with Gasteiger partial charge in [0, 0.05) is 24.2 Å². The summed E-state index contributed by atoms with van der Waals surface area (Å²) in [7, 11) is 4.01. The summed E-state index contributed by atoms with van der Waals surface area (Å²) in [4.78, 5) is 60.4. The van der Waals surface area contributed by atoms with Crippen LogP contribution in [0.2, 0.25) is 0 Å². The van der Waals surface area contributed by atoms with Crippen LogP contribution in [0.1, 0.15) is 84.0 Å². The second kappa shape index (κ2) is 15.6. The molecule has 250 valence electrons. The van der Waals surface area contributed by atoms with Crippen molar-refractivity contribution in [3.8, 4) is 0 Å². The number of amides is 3. The molecule has 3 amide bonds. The van der Waals surface area contributed by atoms with Crippen LogP contribution in [-0.4, -0.2) is 83.5 Å². The van der Waals surface area contributed by atoms with Crippen LogP contribution < -0.4 is 16.1 Å². The molecule has 1 fully saturated rings. The van der Waals surface area contributed by atoms with E-state index in [1.54, 1.807) is 6.92 Å².